The molecule has 1 aromatic carbocycles. The van der Waals surface area contributed by atoms with Crippen LogP contribution in [0.2, 0.25) is 5.15 Å². The van der Waals surface area contributed by atoms with Crippen LogP contribution >= 0.6 is 27.5 Å². The second kappa shape index (κ2) is 4.85. The van der Waals surface area contributed by atoms with Gasteiger partial charge in [-0.15, -0.1) is 0 Å². The summed E-state index contributed by atoms with van der Waals surface area (Å²) in [6, 6.07) is 9.34. The lowest BCUT2D eigenvalue weighted by atomic mass is 10.2. The Balaban J connectivity index is 2.30. The number of aromatic nitrogens is 1. The topological polar surface area (TPSA) is 22.1 Å². The number of halogens is 2. The molecule has 0 N–H and O–H groups in total. The fourth-order valence-corrected chi connectivity index (χ4v) is 1.76. The molecule has 0 radical (unpaired) electrons. The molecule has 0 unspecified atom stereocenters. The molecule has 0 saturated carbocycles. The molecule has 0 bridgehead atoms. The zero-order chi connectivity index (χ0) is 11.5. The van der Waals surface area contributed by atoms with Crippen molar-refractivity contribution in [1.29, 1.82) is 0 Å². The van der Waals surface area contributed by atoms with Crippen LogP contribution in [0.25, 0.3) is 0 Å². The second-order valence-electron chi connectivity index (χ2n) is 3.33. The maximum atomic E-state index is 5.78. The smallest absolute Gasteiger partial charge is 0.132 e. The van der Waals surface area contributed by atoms with E-state index < -0.39 is 0 Å². The van der Waals surface area contributed by atoms with Gasteiger partial charge in [0.2, 0.25) is 0 Å². The Labute approximate surface area is 107 Å². The van der Waals surface area contributed by atoms with Crippen molar-refractivity contribution in [2.24, 2.45) is 0 Å². The van der Waals surface area contributed by atoms with Gasteiger partial charge in [-0.2, -0.15) is 0 Å². The van der Waals surface area contributed by atoms with E-state index in [1.807, 2.05) is 25.1 Å². The first kappa shape index (κ1) is 11.4. The van der Waals surface area contributed by atoms with Crippen LogP contribution in [-0.2, 0) is 0 Å². The van der Waals surface area contributed by atoms with Crippen molar-refractivity contribution in [1.82, 2.24) is 4.98 Å². The summed E-state index contributed by atoms with van der Waals surface area (Å²) in [6.07, 6.45) is 1.62. The van der Waals surface area contributed by atoms with Gasteiger partial charge in [-0.1, -0.05) is 33.6 Å². The highest BCUT2D eigenvalue weighted by Crippen LogP contribution is 2.28. The van der Waals surface area contributed by atoms with Crippen molar-refractivity contribution < 1.29 is 4.74 Å². The SMILES string of the molecule is Cc1ccc(Br)cc1Oc1ccnc(Cl)c1. The molecule has 0 amide bonds. The predicted molar refractivity (Wildman–Crippen MR) is 68.2 cm³/mol. The van der Waals surface area contributed by atoms with Gasteiger partial charge >= 0.3 is 0 Å². The van der Waals surface area contributed by atoms with E-state index in [1.54, 1.807) is 18.3 Å². The van der Waals surface area contributed by atoms with Gasteiger partial charge in [0, 0.05) is 16.7 Å². The number of benzene rings is 1. The van der Waals surface area contributed by atoms with E-state index in [4.69, 9.17) is 16.3 Å². The lowest BCUT2D eigenvalue weighted by Crippen LogP contribution is -1.88. The summed E-state index contributed by atoms with van der Waals surface area (Å²) in [4.78, 5) is 3.90. The van der Waals surface area contributed by atoms with Crippen LogP contribution < -0.4 is 4.74 Å². The highest BCUT2D eigenvalue weighted by atomic mass is 79.9. The first-order valence-corrected chi connectivity index (χ1v) is 5.88. The van der Waals surface area contributed by atoms with E-state index in [9.17, 15) is 0 Å². The van der Waals surface area contributed by atoms with E-state index in [1.165, 1.54) is 0 Å². The summed E-state index contributed by atoms with van der Waals surface area (Å²) in [7, 11) is 0. The molecule has 0 atom stereocenters. The summed E-state index contributed by atoms with van der Waals surface area (Å²) < 4.78 is 6.70. The molecule has 2 nitrogen and oxygen atoms in total. The van der Waals surface area contributed by atoms with Crippen molar-refractivity contribution >= 4 is 27.5 Å². The van der Waals surface area contributed by atoms with Crippen molar-refractivity contribution in [2.45, 2.75) is 6.92 Å². The Morgan fingerprint density at radius 3 is 2.81 bits per heavy atom. The van der Waals surface area contributed by atoms with Gasteiger partial charge in [0.15, 0.2) is 0 Å². The third kappa shape index (κ3) is 2.74. The van der Waals surface area contributed by atoms with Crippen molar-refractivity contribution in [3.05, 3.63) is 51.7 Å². The molecule has 4 heteroatoms. The Morgan fingerprint density at radius 2 is 2.06 bits per heavy atom. The maximum absolute atomic E-state index is 5.78. The molecule has 1 aromatic heterocycles. The Morgan fingerprint density at radius 1 is 1.25 bits per heavy atom. The molecule has 0 aliphatic rings. The molecule has 0 spiro atoms. The third-order valence-corrected chi connectivity index (χ3v) is 2.78. The molecular formula is C12H9BrClNO. The van der Waals surface area contributed by atoms with E-state index in [2.05, 4.69) is 20.9 Å². The maximum Gasteiger partial charge on any atom is 0.132 e. The van der Waals surface area contributed by atoms with Gasteiger partial charge in [-0.05, 0) is 30.7 Å². The van der Waals surface area contributed by atoms with Crippen LogP contribution in [0.5, 0.6) is 11.5 Å². The Kier molecular flexibility index (Phi) is 3.46. The Hall–Kier alpha value is -1.06. The van der Waals surface area contributed by atoms with Crippen LogP contribution in [0.15, 0.2) is 41.0 Å². The summed E-state index contributed by atoms with van der Waals surface area (Å²) in [5.74, 6) is 1.48. The van der Waals surface area contributed by atoms with Gasteiger partial charge in [-0.3, -0.25) is 0 Å². The molecule has 2 rings (SSSR count). The minimum Gasteiger partial charge on any atom is -0.457 e. The van der Waals surface area contributed by atoms with Crippen molar-refractivity contribution in [2.75, 3.05) is 0 Å². The summed E-state index contributed by atoms with van der Waals surface area (Å²) in [6.45, 7) is 1.99. The first-order valence-electron chi connectivity index (χ1n) is 4.71. The van der Waals surface area contributed by atoms with E-state index in [0.717, 1.165) is 15.8 Å². The Bertz CT molecular complexity index is 516. The molecule has 0 aliphatic carbocycles. The van der Waals surface area contributed by atoms with Gasteiger partial charge in [0.25, 0.3) is 0 Å². The lowest BCUT2D eigenvalue weighted by Gasteiger charge is -2.08. The van der Waals surface area contributed by atoms with E-state index in [-0.39, 0.29) is 0 Å². The lowest BCUT2D eigenvalue weighted by molar-refractivity contribution is 0.478. The largest absolute Gasteiger partial charge is 0.457 e. The summed E-state index contributed by atoms with van der Waals surface area (Å²) in [5.41, 5.74) is 1.07. The number of hydrogen-bond donors (Lipinski definition) is 0. The van der Waals surface area contributed by atoms with Crippen LogP contribution in [0.4, 0.5) is 0 Å². The van der Waals surface area contributed by atoms with Crippen molar-refractivity contribution in [3.63, 3.8) is 0 Å². The van der Waals surface area contributed by atoms with E-state index in [0.29, 0.717) is 10.9 Å². The zero-order valence-electron chi connectivity index (χ0n) is 8.58. The second-order valence-corrected chi connectivity index (χ2v) is 4.63. The molecule has 16 heavy (non-hydrogen) atoms. The van der Waals surface area contributed by atoms with Crippen LogP contribution in [0.1, 0.15) is 5.56 Å². The van der Waals surface area contributed by atoms with Gasteiger partial charge < -0.3 is 4.74 Å². The molecule has 82 valence electrons. The first-order chi connectivity index (χ1) is 7.65. The number of hydrogen-bond acceptors (Lipinski definition) is 2. The molecule has 0 saturated heterocycles. The van der Waals surface area contributed by atoms with E-state index >= 15 is 0 Å². The highest BCUT2D eigenvalue weighted by molar-refractivity contribution is 9.10. The van der Waals surface area contributed by atoms with Gasteiger partial charge in [0.05, 0.1) is 0 Å². The minimum atomic E-state index is 0.421. The van der Waals surface area contributed by atoms with Gasteiger partial charge in [-0.25, -0.2) is 4.98 Å². The molecule has 0 aliphatic heterocycles. The fraction of sp³-hybridized carbons (Fsp3) is 0.0833. The van der Waals surface area contributed by atoms with Crippen molar-refractivity contribution in [3.8, 4) is 11.5 Å². The number of aryl methyl sites for hydroxylation is 1. The average Bonchev–Trinajstić information content (AvgIpc) is 2.24. The average molecular weight is 299 g/mol. The molecular weight excluding hydrogens is 289 g/mol. The third-order valence-electron chi connectivity index (χ3n) is 2.08. The molecule has 2 aromatic rings. The number of ether oxygens (including phenoxy) is 1. The van der Waals surface area contributed by atoms with Crippen LogP contribution in [-0.4, -0.2) is 4.98 Å². The standard InChI is InChI=1S/C12H9BrClNO/c1-8-2-3-9(13)6-11(8)16-10-4-5-15-12(14)7-10/h2-7H,1H3. The molecule has 0 fully saturated rings. The quantitative estimate of drug-likeness (QED) is 0.756. The van der Waals surface area contributed by atoms with Gasteiger partial charge in [0.1, 0.15) is 16.7 Å². The molecule has 1 heterocycles. The normalized spacial score (nSPS) is 10.2. The number of rotatable bonds is 2. The summed E-state index contributed by atoms with van der Waals surface area (Å²) in [5, 5.41) is 0.421. The monoisotopic (exact) mass is 297 g/mol. The summed E-state index contributed by atoms with van der Waals surface area (Å²) >= 11 is 9.19. The fourth-order valence-electron chi connectivity index (χ4n) is 1.26. The minimum absolute atomic E-state index is 0.421. The highest BCUT2D eigenvalue weighted by Gasteiger charge is 2.03. The number of nitrogens with zero attached hydrogens (tertiary/aromatic N) is 1. The number of pyridine rings is 1. The predicted octanol–water partition coefficient (Wildman–Crippen LogP) is 4.60. The van der Waals surface area contributed by atoms with Crippen LogP contribution in [0, 0.1) is 6.92 Å². The van der Waals surface area contributed by atoms with Crippen LogP contribution in [0.3, 0.4) is 0 Å². The zero-order valence-corrected chi connectivity index (χ0v) is 10.9.